The Morgan fingerprint density at radius 2 is 0.331 bits per heavy atom. The molecular weight excluding hydrogens is 1650 g/mol. The van der Waals surface area contributed by atoms with Gasteiger partial charge in [-0.3, -0.25) is 0 Å². The largest absolute Gasteiger partial charge is 0.311 e. The topological polar surface area (TPSA) is 93.7 Å². The molecule has 0 saturated carbocycles. The highest BCUT2D eigenvalue weighted by molar-refractivity contribution is 6.28. The van der Waals surface area contributed by atoms with Gasteiger partial charge < -0.3 is 18.9 Å². The number of fused-ring (bicyclic) bond motifs is 18. The average molecular weight is 1740 g/mol. The zero-order valence-corrected chi connectivity index (χ0v) is 73.8. The van der Waals surface area contributed by atoms with Gasteiger partial charge in [-0.25, -0.2) is 29.9 Å². The lowest BCUT2D eigenvalue weighted by molar-refractivity contribution is 1.07. The highest BCUT2D eigenvalue weighted by Gasteiger charge is 2.24. The lowest BCUT2D eigenvalue weighted by Crippen LogP contribution is -2.09. The fourth-order valence-electron chi connectivity index (χ4n) is 20.0. The molecule has 0 bridgehead atoms. The Morgan fingerprint density at radius 3 is 0.654 bits per heavy atom. The third-order valence-corrected chi connectivity index (χ3v) is 26.4. The number of aromatic nitrogens is 8. The molecule has 0 radical (unpaired) electrons. The molecule has 0 amide bonds. The molecule has 0 atom stereocenters. The van der Waals surface area contributed by atoms with Gasteiger partial charge in [0.25, 0.3) is 0 Å². The zero-order valence-electron chi connectivity index (χ0n) is 73.8. The maximum absolute atomic E-state index is 5.11. The lowest BCUT2D eigenvalue weighted by Gasteiger charge is -2.25. The molecular formula is C126H82N10. The Balaban J connectivity index is 0.000000145. The summed E-state index contributed by atoms with van der Waals surface area (Å²) in [5.41, 5.74) is 23.9. The first-order valence-electron chi connectivity index (χ1n) is 46.0. The van der Waals surface area contributed by atoms with E-state index in [-0.39, 0.29) is 0 Å². The Hall–Kier alpha value is -18.4. The number of rotatable bonds is 16. The molecule has 0 spiro atoms. The van der Waals surface area contributed by atoms with Crippen molar-refractivity contribution < 1.29 is 0 Å². The van der Waals surface area contributed by atoms with E-state index in [9.17, 15) is 0 Å². The Morgan fingerprint density at radius 1 is 0.125 bits per heavy atom. The molecule has 22 aromatic carbocycles. The van der Waals surface area contributed by atoms with Crippen molar-refractivity contribution in [2.75, 3.05) is 9.80 Å². The molecule has 4 heterocycles. The minimum absolute atomic E-state index is 0.634. The SMILES string of the molecule is c1ccc(-c2nc(-c3ccccc3)nc(-c3ccc4c5ccc(-n6c7ccccc7c7cc(-c8ccc(N(c9ccccc9)c9ccccc9)cc8)ccc76)cc5c5ccccc5c4c3)n2)cc1.c1ccc(-c2nc(-c3ccccc3)nc(-c3ccc4c5ccccc5c5ccc(-n6c7ccccc7c7cc(-c8ccc(N(c9ccccc9)c9ccccc9)cc8)ccc76)cc5c4c3)n2)cc1. The number of para-hydroxylation sites is 6. The molecule has 0 aliphatic carbocycles. The predicted molar refractivity (Wildman–Crippen MR) is 566 cm³/mol. The van der Waals surface area contributed by atoms with Gasteiger partial charge in [0.2, 0.25) is 0 Å². The summed E-state index contributed by atoms with van der Waals surface area (Å²) in [6.07, 6.45) is 0. The Labute approximate surface area is 785 Å². The highest BCUT2D eigenvalue weighted by atomic mass is 15.1. The van der Waals surface area contributed by atoms with Crippen LogP contribution in [0.4, 0.5) is 34.1 Å². The molecule has 636 valence electrons. The van der Waals surface area contributed by atoms with Crippen LogP contribution in [-0.4, -0.2) is 39.0 Å². The van der Waals surface area contributed by atoms with Crippen LogP contribution >= 0.6 is 0 Å². The van der Waals surface area contributed by atoms with Crippen molar-refractivity contribution >= 4 is 142 Å². The number of hydrogen-bond donors (Lipinski definition) is 0. The summed E-state index contributed by atoms with van der Waals surface area (Å²) in [4.78, 5) is 34.9. The van der Waals surface area contributed by atoms with Crippen LogP contribution in [0.15, 0.2) is 497 Å². The molecule has 0 fully saturated rings. The van der Waals surface area contributed by atoms with Gasteiger partial charge in [-0.1, -0.05) is 352 Å². The molecule has 10 nitrogen and oxygen atoms in total. The molecule has 4 aromatic heterocycles. The van der Waals surface area contributed by atoms with Gasteiger partial charge in [-0.05, 0) is 232 Å². The standard InChI is InChI=1S/2C63H41N5/c1-5-17-43(18-6-1)61-64-62(44-19-7-2-8-20-44)66-63(65-61)46-31-36-53-54-37-35-50(41-57(54)52-26-14-13-25-51(52)56(53)40-46)68-59-28-16-15-27-55(59)58-39-45(32-38-60(58)68)42-29-33-49(34-30-42)67(47-21-9-3-10-22-47)48-23-11-4-12-24-48;1-5-17-43(18-6-1)61-64-62(44-19-7-2-8-20-44)66-63(65-61)46-31-36-53-51-25-13-14-26-52(51)54-37-35-50(41-57(54)56(53)40-46)68-59-28-16-15-27-55(59)58-39-45(32-38-60(58)68)42-29-33-49(34-30-42)67(47-21-9-3-10-22-47)48-23-11-4-12-24-48/h2*1-41H. The maximum Gasteiger partial charge on any atom is 0.164 e. The third-order valence-electron chi connectivity index (χ3n) is 26.4. The second kappa shape index (κ2) is 34.2. The van der Waals surface area contributed by atoms with Gasteiger partial charge in [-0.15, -0.1) is 0 Å². The normalized spacial score (nSPS) is 11.5. The first-order chi connectivity index (χ1) is 67.4. The van der Waals surface area contributed by atoms with Gasteiger partial charge in [0.1, 0.15) is 0 Å². The van der Waals surface area contributed by atoms with Gasteiger partial charge in [0.15, 0.2) is 34.9 Å². The molecule has 26 rings (SSSR count). The first-order valence-corrected chi connectivity index (χ1v) is 46.0. The van der Waals surface area contributed by atoms with E-state index in [4.69, 9.17) is 29.9 Å². The summed E-state index contributed by atoms with van der Waals surface area (Å²) in [5, 5.41) is 19.1. The monoisotopic (exact) mass is 1730 g/mol. The highest BCUT2D eigenvalue weighted by Crippen LogP contribution is 2.47. The average Bonchev–Trinajstić information content (AvgIpc) is 1.72. The van der Waals surface area contributed by atoms with Crippen molar-refractivity contribution in [3.63, 3.8) is 0 Å². The van der Waals surface area contributed by atoms with E-state index in [0.29, 0.717) is 34.9 Å². The second-order valence-electron chi connectivity index (χ2n) is 34.4. The van der Waals surface area contributed by atoms with Gasteiger partial charge >= 0.3 is 0 Å². The van der Waals surface area contributed by atoms with Gasteiger partial charge in [0.05, 0.1) is 22.1 Å². The summed E-state index contributed by atoms with van der Waals surface area (Å²) in [7, 11) is 0. The fourth-order valence-corrected chi connectivity index (χ4v) is 20.0. The number of hydrogen-bond acceptors (Lipinski definition) is 8. The molecule has 0 saturated heterocycles. The molecule has 136 heavy (non-hydrogen) atoms. The van der Waals surface area contributed by atoms with Crippen LogP contribution in [0, 0.1) is 0 Å². The maximum atomic E-state index is 5.11. The van der Waals surface area contributed by atoms with Crippen molar-refractivity contribution in [1.82, 2.24) is 39.0 Å². The van der Waals surface area contributed by atoms with Crippen molar-refractivity contribution in [2.45, 2.75) is 0 Å². The quantitative estimate of drug-likeness (QED) is 0.0884. The van der Waals surface area contributed by atoms with Crippen LogP contribution in [0.1, 0.15) is 0 Å². The third kappa shape index (κ3) is 14.5. The Bertz CT molecular complexity index is 8830. The van der Waals surface area contributed by atoms with E-state index in [1.165, 1.54) is 109 Å². The van der Waals surface area contributed by atoms with Crippen molar-refractivity contribution in [1.29, 1.82) is 0 Å². The lowest BCUT2D eigenvalue weighted by atomic mass is 9.93. The molecule has 0 unspecified atom stereocenters. The van der Waals surface area contributed by atoms with Gasteiger partial charge in [-0.2, -0.15) is 0 Å². The van der Waals surface area contributed by atoms with Crippen LogP contribution < -0.4 is 9.80 Å². The molecule has 0 aliphatic rings. The summed E-state index contributed by atoms with van der Waals surface area (Å²) < 4.78 is 4.84. The predicted octanol–water partition coefficient (Wildman–Crippen LogP) is 33.1. The van der Waals surface area contributed by atoms with Crippen molar-refractivity contribution in [3.8, 4) is 102 Å². The number of benzene rings is 22. The Kier molecular flexibility index (Phi) is 20.0. The van der Waals surface area contributed by atoms with Crippen LogP contribution in [0.5, 0.6) is 0 Å². The van der Waals surface area contributed by atoms with E-state index >= 15 is 0 Å². The number of anilines is 6. The smallest absolute Gasteiger partial charge is 0.164 e. The minimum atomic E-state index is 0.634. The van der Waals surface area contributed by atoms with E-state index in [0.717, 1.165) is 101 Å². The summed E-state index contributed by atoms with van der Waals surface area (Å²) in [6, 6.07) is 177. The van der Waals surface area contributed by atoms with Gasteiger partial charge in [0, 0.05) is 100 Å². The van der Waals surface area contributed by atoms with Crippen LogP contribution in [0.2, 0.25) is 0 Å². The zero-order chi connectivity index (χ0) is 89.9. The molecule has 26 aromatic rings. The van der Waals surface area contributed by atoms with Crippen molar-refractivity contribution in [3.05, 3.63) is 497 Å². The first kappa shape index (κ1) is 79.8. The summed E-state index contributed by atoms with van der Waals surface area (Å²) in [5.74, 6) is 3.86. The number of nitrogens with zero attached hydrogens (tertiary/aromatic N) is 10. The van der Waals surface area contributed by atoms with E-state index in [1.54, 1.807) is 0 Å². The van der Waals surface area contributed by atoms with Crippen LogP contribution in [-0.2, 0) is 0 Å². The molecule has 10 heteroatoms. The van der Waals surface area contributed by atoms with E-state index in [1.807, 2.05) is 97.1 Å². The van der Waals surface area contributed by atoms with Crippen LogP contribution in [0.25, 0.3) is 210 Å². The molecule has 0 N–H and O–H groups in total. The molecule has 0 aliphatic heterocycles. The fraction of sp³-hybridized carbons (Fsp3) is 0. The van der Waals surface area contributed by atoms with Crippen molar-refractivity contribution in [2.24, 2.45) is 0 Å². The minimum Gasteiger partial charge on any atom is -0.311 e. The van der Waals surface area contributed by atoms with E-state index < -0.39 is 0 Å². The summed E-state index contributed by atoms with van der Waals surface area (Å²) >= 11 is 0. The summed E-state index contributed by atoms with van der Waals surface area (Å²) in [6.45, 7) is 0. The van der Waals surface area contributed by atoms with E-state index in [2.05, 4.69) is 419 Å². The second-order valence-corrected chi connectivity index (χ2v) is 34.4. The van der Waals surface area contributed by atoms with Crippen LogP contribution in [0.3, 0.4) is 0 Å².